The number of anilines is 1. The van der Waals surface area contributed by atoms with Crippen molar-refractivity contribution in [3.63, 3.8) is 0 Å². The second kappa shape index (κ2) is 4.74. The molecule has 5 nitrogen and oxygen atoms in total. The SMILES string of the molecule is CC(C)n1[nH]c(=O)c2c1NC(=O)CSC2C(C)(C)C. The lowest BCUT2D eigenvalue weighted by atomic mass is 9.88. The first-order valence-electron chi connectivity index (χ1n) is 6.47. The van der Waals surface area contributed by atoms with Crippen molar-refractivity contribution in [3.05, 3.63) is 15.9 Å². The zero-order chi connectivity index (χ0) is 14.4. The number of carbonyl (C=O) groups excluding carboxylic acids is 1. The molecular formula is C13H21N3O2S. The molecule has 1 unspecified atom stereocenters. The van der Waals surface area contributed by atoms with Crippen molar-refractivity contribution in [1.82, 2.24) is 9.78 Å². The number of aromatic amines is 1. The zero-order valence-corrected chi connectivity index (χ0v) is 12.9. The maximum atomic E-state index is 12.3. The molecule has 0 spiro atoms. The summed E-state index contributed by atoms with van der Waals surface area (Å²) >= 11 is 1.54. The summed E-state index contributed by atoms with van der Waals surface area (Å²) in [6, 6.07) is 0.0977. The topological polar surface area (TPSA) is 66.9 Å². The Morgan fingerprint density at radius 2 is 1.95 bits per heavy atom. The Morgan fingerprint density at radius 3 is 2.47 bits per heavy atom. The number of hydrogen-bond acceptors (Lipinski definition) is 3. The van der Waals surface area contributed by atoms with Gasteiger partial charge in [-0.1, -0.05) is 20.8 Å². The average Bonchev–Trinajstić information content (AvgIpc) is 2.47. The van der Waals surface area contributed by atoms with Gasteiger partial charge in [0.1, 0.15) is 5.82 Å². The average molecular weight is 283 g/mol. The van der Waals surface area contributed by atoms with E-state index in [2.05, 4.69) is 31.2 Å². The third-order valence-corrected chi connectivity index (χ3v) is 4.87. The van der Waals surface area contributed by atoms with Gasteiger partial charge in [-0.3, -0.25) is 19.4 Å². The Balaban J connectivity index is 2.64. The van der Waals surface area contributed by atoms with Gasteiger partial charge < -0.3 is 5.32 Å². The highest BCUT2D eigenvalue weighted by atomic mass is 32.2. The van der Waals surface area contributed by atoms with Crippen molar-refractivity contribution in [2.45, 2.75) is 45.9 Å². The first-order valence-corrected chi connectivity index (χ1v) is 7.52. The van der Waals surface area contributed by atoms with Crippen LogP contribution in [0.25, 0.3) is 0 Å². The van der Waals surface area contributed by atoms with Crippen LogP contribution >= 0.6 is 11.8 Å². The molecule has 1 atom stereocenters. The summed E-state index contributed by atoms with van der Waals surface area (Å²) < 4.78 is 1.75. The van der Waals surface area contributed by atoms with E-state index >= 15 is 0 Å². The molecule has 1 amide bonds. The highest BCUT2D eigenvalue weighted by molar-refractivity contribution is 8.00. The number of nitrogens with zero attached hydrogens (tertiary/aromatic N) is 1. The lowest BCUT2D eigenvalue weighted by Crippen LogP contribution is -2.21. The molecule has 0 radical (unpaired) electrons. The molecule has 0 aromatic carbocycles. The number of fused-ring (bicyclic) bond motifs is 1. The van der Waals surface area contributed by atoms with Crippen LogP contribution < -0.4 is 10.9 Å². The second-order valence-electron chi connectivity index (χ2n) is 6.27. The molecule has 2 N–H and O–H groups in total. The Labute approximate surface area is 117 Å². The molecule has 19 heavy (non-hydrogen) atoms. The first kappa shape index (κ1) is 14.2. The monoisotopic (exact) mass is 283 g/mol. The fraction of sp³-hybridized carbons (Fsp3) is 0.692. The van der Waals surface area contributed by atoms with E-state index in [1.54, 1.807) is 4.68 Å². The van der Waals surface area contributed by atoms with Crippen LogP contribution in [0.4, 0.5) is 5.82 Å². The standard InChI is InChI=1S/C13H21N3O2S/c1-7(2)16-11-9(12(18)15-16)10(13(3,4)5)19-6-8(17)14-11/h7,10H,6H2,1-5H3,(H,14,17)(H,15,18). The van der Waals surface area contributed by atoms with Crippen molar-refractivity contribution in [3.8, 4) is 0 Å². The van der Waals surface area contributed by atoms with Gasteiger partial charge in [-0.05, 0) is 19.3 Å². The third-order valence-electron chi connectivity index (χ3n) is 3.17. The van der Waals surface area contributed by atoms with E-state index in [0.717, 1.165) is 0 Å². The number of carbonyl (C=O) groups is 1. The molecule has 0 aliphatic carbocycles. The number of H-pyrrole nitrogens is 1. The number of aromatic nitrogens is 2. The van der Waals surface area contributed by atoms with E-state index in [9.17, 15) is 9.59 Å². The summed E-state index contributed by atoms with van der Waals surface area (Å²) in [5.41, 5.74) is 0.511. The van der Waals surface area contributed by atoms with Crippen molar-refractivity contribution in [2.75, 3.05) is 11.1 Å². The van der Waals surface area contributed by atoms with Gasteiger partial charge in [0.2, 0.25) is 5.91 Å². The van der Waals surface area contributed by atoms with Crippen LogP contribution in [0.1, 0.15) is 51.5 Å². The molecule has 1 aromatic rings. The van der Waals surface area contributed by atoms with Gasteiger partial charge in [0.05, 0.1) is 11.3 Å². The first-order chi connectivity index (χ1) is 8.71. The van der Waals surface area contributed by atoms with Crippen molar-refractivity contribution < 1.29 is 4.79 Å². The highest BCUT2D eigenvalue weighted by Gasteiger charge is 2.36. The van der Waals surface area contributed by atoms with E-state index < -0.39 is 0 Å². The van der Waals surface area contributed by atoms with E-state index in [1.165, 1.54) is 11.8 Å². The van der Waals surface area contributed by atoms with Gasteiger partial charge in [0.15, 0.2) is 0 Å². The van der Waals surface area contributed by atoms with Gasteiger partial charge in [0, 0.05) is 11.3 Å². The van der Waals surface area contributed by atoms with Crippen LogP contribution in [0.5, 0.6) is 0 Å². The molecule has 0 fully saturated rings. The molecule has 0 saturated heterocycles. The number of hydrogen-bond donors (Lipinski definition) is 2. The summed E-state index contributed by atoms with van der Waals surface area (Å²) in [6.07, 6.45) is 0. The largest absolute Gasteiger partial charge is 0.310 e. The van der Waals surface area contributed by atoms with Gasteiger partial charge in [0.25, 0.3) is 5.56 Å². The predicted molar refractivity (Wildman–Crippen MR) is 78.7 cm³/mol. The maximum absolute atomic E-state index is 12.3. The molecular weight excluding hydrogens is 262 g/mol. The van der Waals surface area contributed by atoms with E-state index in [0.29, 0.717) is 17.1 Å². The van der Waals surface area contributed by atoms with Gasteiger partial charge in [-0.2, -0.15) is 0 Å². The molecule has 1 aliphatic heterocycles. The fourth-order valence-electron chi connectivity index (χ4n) is 2.31. The predicted octanol–water partition coefficient (Wildman–Crippen LogP) is 2.53. The fourth-order valence-corrected chi connectivity index (χ4v) is 3.59. The summed E-state index contributed by atoms with van der Waals surface area (Å²) in [7, 11) is 0. The normalized spacial score (nSPS) is 20.1. The Morgan fingerprint density at radius 1 is 1.32 bits per heavy atom. The van der Waals surface area contributed by atoms with Crippen LogP contribution in [-0.2, 0) is 4.79 Å². The lowest BCUT2D eigenvalue weighted by Gasteiger charge is -2.28. The molecule has 6 heteroatoms. The molecule has 2 rings (SSSR count). The second-order valence-corrected chi connectivity index (χ2v) is 7.37. The minimum atomic E-state index is -0.0988. The summed E-state index contributed by atoms with van der Waals surface area (Å²) in [4.78, 5) is 24.1. The van der Waals surface area contributed by atoms with Gasteiger partial charge >= 0.3 is 0 Å². The van der Waals surface area contributed by atoms with Gasteiger partial charge in [-0.15, -0.1) is 11.8 Å². The van der Waals surface area contributed by atoms with E-state index in [-0.39, 0.29) is 28.2 Å². The number of rotatable bonds is 1. The smallest absolute Gasteiger partial charge is 0.270 e. The molecule has 106 valence electrons. The molecule has 2 heterocycles. The Bertz CT molecular complexity index is 551. The minimum absolute atomic E-state index is 0.00481. The number of amides is 1. The van der Waals surface area contributed by atoms with E-state index in [1.807, 2.05) is 13.8 Å². The molecule has 1 aliphatic rings. The maximum Gasteiger partial charge on any atom is 0.270 e. The molecule has 1 aromatic heterocycles. The van der Waals surface area contributed by atoms with Crippen LogP contribution in [0.2, 0.25) is 0 Å². The highest BCUT2D eigenvalue weighted by Crippen LogP contribution is 2.46. The third kappa shape index (κ3) is 2.59. The van der Waals surface area contributed by atoms with Crippen LogP contribution in [0.3, 0.4) is 0 Å². The minimum Gasteiger partial charge on any atom is -0.310 e. The van der Waals surface area contributed by atoms with Crippen molar-refractivity contribution >= 4 is 23.5 Å². The zero-order valence-electron chi connectivity index (χ0n) is 12.0. The van der Waals surface area contributed by atoms with Crippen LogP contribution in [0, 0.1) is 5.41 Å². The summed E-state index contributed by atoms with van der Waals surface area (Å²) in [5.74, 6) is 0.968. The Kier molecular flexibility index (Phi) is 3.55. The summed E-state index contributed by atoms with van der Waals surface area (Å²) in [5, 5.41) is 5.71. The molecule has 0 bridgehead atoms. The van der Waals surface area contributed by atoms with E-state index in [4.69, 9.17) is 0 Å². The van der Waals surface area contributed by atoms with Crippen LogP contribution in [0.15, 0.2) is 4.79 Å². The Hall–Kier alpha value is -1.17. The van der Waals surface area contributed by atoms with Gasteiger partial charge in [-0.25, -0.2) is 0 Å². The number of thioether (sulfide) groups is 1. The molecule has 0 saturated carbocycles. The number of nitrogens with one attached hydrogen (secondary N) is 2. The van der Waals surface area contributed by atoms with Crippen molar-refractivity contribution in [2.24, 2.45) is 5.41 Å². The summed E-state index contributed by atoms with van der Waals surface area (Å²) in [6.45, 7) is 10.2. The van der Waals surface area contributed by atoms with Crippen molar-refractivity contribution in [1.29, 1.82) is 0 Å². The van der Waals surface area contributed by atoms with Crippen LogP contribution in [-0.4, -0.2) is 21.4 Å². The lowest BCUT2D eigenvalue weighted by molar-refractivity contribution is -0.113. The quantitative estimate of drug-likeness (QED) is 0.832.